The fourth-order valence-electron chi connectivity index (χ4n) is 2.29. The van der Waals surface area contributed by atoms with Gasteiger partial charge in [-0.25, -0.2) is 8.42 Å². The van der Waals surface area contributed by atoms with Crippen molar-refractivity contribution in [1.29, 1.82) is 0 Å². The van der Waals surface area contributed by atoms with Gasteiger partial charge in [0, 0.05) is 13.1 Å². The Bertz CT molecular complexity index is 607. The highest BCUT2D eigenvalue weighted by atomic mass is 32.2. The van der Waals surface area contributed by atoms with Crippen molar-refractivity contribution in [3.05, 3.63) is 29.8 Å². The molecule has 0 bridgehead atoms. The third kappa shape index (κ3) is 4.06. The van der Waals surface area contributed by atoms with Gasteiger partial charge < -0.3 is 9.64 Å². The molecule has 0 aromatic heterocycles. The van der Waals surface area contributed by atoms with Crippen LogP contribution in [0.3, 0.4) is 0 Å². The summed E-state index contributed by atoms with van der Waals surface area (Å²) in [7, 11) is -3.70. The van der Waals surface area contributed by atoms with Crippen LogP contribution in [0.2, 0.25) is 0 Å². The molecule has 6 nitrogen and oxygen atoms in total. The Morgan fingerprint density at radius 3 is 2.41 bits per heavy atom. The van der Waals surface area contributed by atoms with Gasteiger partial charge in [0.15, 0.2) is 0 Å². The number of nitrogens with one attached hydrogen (secondary N) is 1. The van der Waals surface area contributed by atoms with Crippen LogP contribution in [0.5, 0.6) is 0 Å². The van der Waals surface area contributed by atoms with Crippen LogP contribution in [0, 0.1) is 6.92 Å². The van der Waals surface area contributed by atoms with Gasteiger partial charge in [0.25, 0.3) is 0 Å². The Morgan fingerprint density at radius 1 is 1.27 bits per heavy atom. The van der Waals surface area contributed by atoms with E-state index < -0.39 is 16.1 Å². The predicted molar refractivity (Wildman–Crippen MR) is 83.0 cm³/mol. The first-order valence-electron chi connectivity index (χ1n) is 7.39. The van der Waals surface area contributed by atoms with E-state index in [1.165, 1.54) is 0 Å². The molecule has 1 heterocycles. The maximum atomic E-state index is 12.4. The second-order valence-corrected chi connectivity index (χ2v) is 7.05. The minimum Gasteiger partial charge on any atom is -0.378 e. The van der Waals surface area contributed by atoms with Gasteiger partial charge in [0.05, 0.1) is 18.1 Å². The van der Waals surface area contributed by atoms with Crippen LogP contribution in [0.1, 0.15) is 18.9 Å². The van der Waals surface area contributed by atoms with Crippen LogP contribution in [0.4, 0.5) is 0 Å². The molecule has 1 aliphatic heterocycles. The second kappa shape index (κ2) is 7.21. The molecule has 1 saturated heterocycles. The molecule has 0 saturated carbocycles. The molecular formula is C15H22N2O4S. The second-order valence-electron chi connectivity index (χ2n) is 5.33. The summed E-state index contributed by atoms with van der Waals surface area (Å²) in [6.07, 6.45) is 0.404. The Labute approximate surface area is 131 Å². The molecular weight excluding hydrogens is 304 g/mol. The van der Waals surface area contributed by atoms with Gasteiger partial charge in [-0.15, -0.1) is 0 Å². The number of benzene rings is 1. The smallest absolute Gasteiger partial charge is 0.241 e. The molecule has 1 atom stereocenters. The van der Waals surface area contributed by atoms with E-state index in [0.717, 1.165) is 5.56 Å². The van der Waals surface area contributed by atoms with Crippen molar-refractivity contribution >= 4 is 15.9 Å². The molecule has 1 unspecified atom stereocenters. The Morgan fingerprint density at radius 2 is 1.86 bits per heavy atom. The zero-order valence-corrected chi connectivity index (χ0v) is 13.7. The topological polar surface area (TPSA) is 75.7 Å². The van der Waals surface area contributed by atoms with Gasteiger partial charge in [-0.3, -0.25) is 4.79 Å². The molecule has 1 fully saturated rings. The highest BCUT2D eigenvalue weighted by molar-refractivity contribution is 7.89. The monoisotopic (exact) mass is 326 g/mol. The normalized spacial score (nSPS) is 17.3. The number of aryl methyl sites for hydroxylation is 1. The van der Waals surface area contributed by atoms with Crippen molar-refractivity contribution in [2.75, 3.05) is 26.3 Å². The maximum absolute atomic E-state index is 12.4. The lowest BCUT2D eigenvalue weighted by atomic mass is 10.2. The van der Waals surface area contributed by atoms with Gasteiger partial charge in [0.2, 0.25) is 15.9 Å². The van der Waals surface area contributed by atoms with Crippen molar-refractivity contribution in [3.8, 4) is 0 Å². The Kier molecular flexibility index (Phi) is 5.55. The molecule has 22 heavy (non-hydrogen) atoms. The fourth-order valence-corrected chi connectivity index (χ4v) is 3.56. The molecule has 122 valence electrons. The van der Waals surface area contributed by atoms with Gasteiger partial charge in [0.1, 0.15) is 6.04 Å². The average molecular weight is 326 g/mol. The summed E-state index contributed by atoms with van der Waals surface area (Å²) in [5.74, 6) is -0.193. The van der Waals surface area contributed by atoms with E-state index in [4.69, 9.17) is 4.74 Å². The zero-order chi connectivity index (χ0) is 16.2. The number of carbonyl (C=O) groups is 1. The quantitative estimate of drug-likeness (QED) is 0.873. The predicted octanol–water partition coefficient (Wildman–Crippen LogP) is 0.911. The van der Waals surface area contributed by atoms with Gasteiger partial charge >= 0.3 is 0 Å². The SMILES string of the molecule is CCC(NS(=O)(=O)c1ccc(C)cc1)C(=O)N1CCOCC1. The number of ether oxygens (including phenoxy) is 1. The molecule has 1 N–H and O–H groups in total. The number of nitrogens with zero attached hydrogens (tertiary/aromatic N) is 1. The molecule has 1 aromatic carbocycles. The van der Waals surface area contributed by atoms with E-state index in [1.807, 2.05) is 6.92 Å². The lowest BCUT2D eigenvalue weighted by Gasteiger charge is -2.30. The van der Waals surface area contributed by atoms with E-state index in [2.05, 4.69) is 4.72 Å². The minimum absolute atomic E-state index is 0.173. The standard InChI is InChI=1S/C15H22N2O4S/c1-3-14(15(18)17-8-10-21-11-9-17)16-22(19,20)13-6-4-12(2)5-7-13/h4-7,14,16H,3,8-11H2,1-2H3. The molecule has 0 aliphatic carbocycles. The number of hydrogen-bond donors (Lipinski definition) is 1. The largest absolute Gasteiger partial charge is 0.378 e. The van der Waals surface area contributed by atoms with Crippen LogP contribution in [0.15, 0.2) is 29.2 Å². The molecule has 0 spiro atoms. The minimum atomic E-state index is -3.70. The molecule has 1 aliphatic rings. The van der Waals surface area contributed by atoms with E-state index >= 15 is 0 Å². The summed E-state index contributed by atoms with van der Waals surface area (Å²) in [5, 5.41) is 0. The van der Waals surface area contributed by atoms with Crippen LogP contribution >= 0.6 is 0 Å². The van der Waals surface area contributed by atoms with E-state index in [9.17, 15) is 13.2 Å². The van der Waals surface area contributed by atoms with E-state index in [0.29, 0.717) is 32.7 Å². The van der Waals surface area contributed by atoms with Crippen LogP contribution < -0.4 is 4.72 Å². The number of rotatable bonds is 5. The summed E-state index contributed by atoms with van der Waals surface area (Å²) in [6.45, 7) is 5.67. The third-order valence-corrected chi connectivity index (χ3v) is 5.15. The lowest BCUT2D eigenvalue weighted by molar-refractivity contribution is -0.137. The zero-order valence-electron chi connectivity index (χ0n) is 12.9. The van der Waals surface area contributed by atoms with Crippen molar-refractivity contribution in [3.63, 3.8) is 0 Å². The molecule has 0 radical (unpaired) electrons. The first-order valence-corrected chi connectivity index (χ1v) is 8.88. The van der Waals surface area contributed by atoms with Gasteiger partial charge in [-0.05, 0) is 25.5 Å². The van der Waals surface area contributed by atoms with Gasteiger partial charge in [-0.2, -0.15) is 4.72 Å². The van der Waals surface area contributed by atoms with Crippen LogP contribution in [-0.4, -0.2) is 51.6 Å². The maximum Gasteiger partial charge on any atom is 0.241 e. The number of hydrogen-bond acceptors (Lipinski definition) is 4. The highest BCUT2D eigenvalue weighted by Gasteiger charge is 2.28. The van der Waals surface area contributed by atoms with Crippen molar-refractivity contribution < 1.29 is 17.9 Å². The highest BCUT2D eigenvalue weighted by Crippen LogP contribution is 2.12. The summed E-state index contributed by atoms with van der Waals surface area (Å²) in [4.78, 5) is 14.3. The first-order chi connectivity index (χ1) is 10.4. The molecule has 7 heteroatoms. The lowest BCUT2D eigenvalue weighted by Crippen LogP contribution is -2.51. The summed E-state index contributed by atoms with van der Waals surface area (Å²) < 4.78 is 32.5. The summed E-state index contributed by atoms with van der Waals surface area (Å²) in [5.41, 5.74) is 0.982. The van der Waals surface area contributed by atoms with E-state index in [1.54, 1.807) is 36.1 Å². The summed E-state index contributed by atoms with van der Waals surface area (Å²) >= 11 is 0. The number of morpholine rings is 1. The number of amides is 1. The van der Waals surface area contributed by atoms with Crippen molar-refractivity contribution in [2.45, 2.75) is 31.2 Å². The Balaban J connectivity index is 2.11. The molecule has 1 amide bonds. The van der Waals surface area contributed by atoms with Gasteiger partial charge in [-0.1, -0.05) is 24.6 Å². The Hall–Kier alpha value is -1.44. The van der Waals surface area contributed by atoms with Crippen molar-refractivity contribution in [2.24, 2.45) is 0 Å². The third-order valence-electron chi connectivity index (χ3n) is 3.66. The average Bonchev–Trinajstić information content (AvgIpc) is 2.53. The van der Waals surface area contributed by atoms with Crippen LogP contribution in [0.25, 0.3) is 0 Å². The van der Waals surface area contributed by atoms with Crippen LogP contribution in [-0.2, 0) is 19.6 Å². The number of carbonyl (C=O) groups excluding carboxylic acids is 1. The first kappa shape index (κ1) is 16.9. The summed E-state index contributed by atoms with van der Waals surface area (Å²) in [6, 6.07) is 5.82. The fraction of sp³-hybridized carbons (Fsp3) is 0.533. The van der Waals surface area contributed by atoms with Crippen molar-refractivity contribution in [1.82, 2.24) is 9.62 Å². The molecule has 1 aromatic rings. The number of sulfonamides is 1. The molecule has 2 rings (SSSR count). The van der Waals surface area contributed by atoms with E-state index in [-0.39, 0.29) is 10.8 Å².